The van der Waals surface area contributed by atoms with Crippen LogP contribution in [0.15, 0.2) is 61.2 Å². The molecule has 1 aliphatic carbocycles. The highest BCUT2D eigenvalue weighted by molar-refractivity contribution is 6.29. The average Bonchev–Trinajstić information content (AvgIpc) is 3.32. The number of aliphatic hydroxyl groups excluding tert-OH is 1. The van der Waals surface area contributed by atoms with Gasteiger partial charge in [-0.05, 0) is 73.8 Å². The smallest absolute Gasteiger partial charge is 0.254 e. The van der Waals surface area contributed by atoms with Crippen molar-refractivity contribution in [2.45, 2.75) is 44.8 Å². The van der Waals surface area contributed by atoms with Crippen molar-refractivity contribution in [3.05, 3.63) is 88.7 Å². The Bertz CT molecular complexity index is 1060. The van der Waals surface area contributed by atoms with Gasteiger partial charge in [-0.25, -0.2) is 4.98 Å². The van der Waals surface area contributed by atoms with Crippen molar-refractivity contribution in [1.82, 2.24) is 19.9 Å². The lowest BCUT2D eigenvalue weighted by atomic mass is 9.92. The number of aromatic nitrogens is 3. The lowest BCUT2D eigenvalue weighted by Gasteiger charge is -2.24. The van der Waals surface area contributed by atoms with E-state index in [-0.39, 0.29) is 17.9 Å². The molecule has 0 aliphatic heterocycles. The van der Waals surface area contributed by atoms with Crippen molar-refractivity contribution < 1.29 is 9.90 Å². The minimum Gasteiger partial charge on any atom is -0.388 e. The van der Waals surface area contributed by atoms with Crippen molar-refractivity contribution in [2.24, 2.45) is 11.8 Å². The van der Waals surface area contributed by atoms with Gasteiger partial charge in [0.25, 0.3) is 5.91 Å². The molecule has 0 spiro atoms. The molecule has 6 nitrogen and oxygen atoms in total. The van der Waals surface area contributed by atoms with Crippen LogP contribution in [0, 0.1) is 11.8 Å². The molecule has 0 radical (unpaired) electrons. The van der Waals surface area contributed by atoms with Gasteiger partial charge in [-0.1, -0.05) is 29.8 Å². The van der Waals surface area contributed by atoms with Crippen LogP contribution in [0.3, 0.4) is 0 Å². The average molecular weight is 465 g/mol. The first-order valence-corrected chi connectivity index (χ1v) is 11.7. The summed E-state index contributed by atoms with van der Waals surface area (Å²) in [7, 11) is 1.79. The summed E-state index contributed by atoms with van der Waals surface area (Å²) in [6.07, 6.45) is 10.1. The molecule has 3 aromatic rings. The molecule has 0 bridgehead atoms. The molecule has 1 N–H and O–H groups in total. The minimum absolute atomic E-state index is 0.0414. The molecule has 33 heavy (non-hydrogen) atoms. The summed E-state index contributed by atoms with van der Waals surface area (Å²) in [5.41, 5.74) is 3.46. The fourth-order valence-corrected chi connectivity index (χ4v) is 4.75. The summed E-state index contributed by atoms with van der Waals surface area (Å²) in [4.78, 5) is 27.1. The molecule has 0 saturated heterocycles. The highest BCUT2D eigenvalue weighted by Gasteiger charge is 2.31. The standard InChI is InChI=1S/C26H29ClN4O2/c1-17(23-16-28-11-12-29-23)31(2)26(33)20-6-3-18(4-7-20)13-19-5-8-21(14-19)25(32)22-9-10-24(27)30-15-22/h3-4,6-7,9-12,15-17,19,21,25,32H,5,8,13-14H2,1-2H3/t17?,19-,21-,25-/m0/s1. The van der Waals surface area contributed by atoms with Gasteiger partial charge in [0, 0.05) is 31.2 Å². The second-order valence-electron chi connectivity index (χ2n) is 8.92. The fraction of sp³-hybridized carbons (Fsp3) is 0.385. The molecule has 7 heteroatoms. The fourth-order valence-electron chi connectivity index (χ4n) is 4.64. The SMILES string of the molecule is CC(c1cnccn1)N(C)C(=O)c1ccc(C[C@@H]2CC[C@H]([C@H](O)c3ccc(Cl)nc3)C2)cc1. The van der Waals surface area contributed by atoms with E-state index in [1.807, 2.05) is 37.3 Å². The quantitative estimate of drug-likeness (QED) is 0.495. The van der Waals surface area contributed by atoms with Gasteiger partial charge in [0.15, 0.2) is 0 Å². The molecular weight excluding hydrogens is 436 g/mol. The Balaban J connectivity index is 1.33. The third kappa shape index (κ3) is 5.57. The molecule has 1 amide bonds. The zero-order chi connectivity index (χ0) is 23.4. The number of benzene rings is 1. The number of halogens is 1. The first kappa shape index (κ1) is 23.3. The Morgan fingerprint density at radius 2 is 1.91 bits per heavy atom. The zero-order valence-electron chi connectivity index (χ0n) is 18.9. The highest BCUT2D eigenvalue weighted by atomic mass is 35.5. The van der Waals surface area contributed by atoms with Crippen LogP contribution in [-0.2, 0) is 6.42 Å². The number of carbonyl (C=O) groups excluding carboxylic acids is 1. The van der Waals surface area contributed by atoms with E-state index >= 15 is 0 Å². The number of hydrogen-bond acceptors (Lipinski definition) is 5. The second-order valence-corrected chi connectivity index (χ2v) is 9.31. The minimum atomic E-state index is -0.508. The summed E-state index contributed by atoms with van der Waals surface area (Å²) in [5, 5.41) is 11.2. The molecule has 4 atom stereocenters. The van der Waals surface area contributed by atoms with Crippen LogP contribution in [0.1, 0.15) is 65.5 Å². The summed E-state index contributed by atoms with van der Waals surface area (Å²) < 4.78 is 0. The number of nitrogens with zero attached hydrogens (tertiary/aromatic N) is 4. The Hall–Kier alpha value is -2.83. The van der Waals surface area contributed by atoms with Crippen molar-refractivity contribution in [1.29, 1.82) is 0 Å². The number of amides is 1. The molecule has 1 fully saturated rings. The van der Waals surface area contributed by atoms with Crippen LogP contribution < -0.4 is 0 Å². The highest BCUT2D eigenvalue weighted by Crippen LogP contribution is 2.40. The van der Waals surface area contributed by atoms with Crippen LogP contribution in [0.25, 0.3) is 0 Å². The van der Waals surface area contributed by atoms with Gasteiger partial charge in [-0.3, -0.25) is 14.8 Å². The van der Waals surface area contributed by atoms with E-state index < -0.39 is 6.10 Å². The Morgan fingerprint density at radius 1 is 1.12 bits per heavy atom. The van der Waals surface area contributed by atoms with Gasteiger partial charge < -0.3 is 10.0 Å². The lowest BCUT2D eigenvalue weighted by Crippen LogP contribution is -2.30. The van der Waals surface area contributed by atoms with E-state index in [1.54, 1.807) is 42.8 Å². The van der Waals surface area contributed by atoms with E-state index in [1.165, 1.54) is 5.56 Å². The van der Waals surface area contributed by atoms with E-state index in [0.29, 0.717) is 16.6 Å². The van der Waals surface area contributed by atoms with Gasteiger partial charge in [-0.15, -0.1) is 0 Å². The second kappa shape index (κ2) is 10.4. The first-order chi connectivity index (χ1) is 15.9. The maximum absolute atomic E-state index is 12.9. The number of pyridine rings is 1. The largest absolute Gasteiger partial charge is 0.388 e. The van der Waals surface area contributed by atoms with E-state index in [9.17, 15) is 9.90 Å². The zero-order valence-corrected chi connectivity index (χ0v) is 19.7. The van der Waals surface area contributed by atoms with Crippen LogP contribution in [0.5, 0.6) is 0 Å². The molecule has 172 valence electrons. The van der Waals surface area contributed by atoms with Crippen molar-refractivity contribution in [3.8, 4) is 0 Å². The summed E-state index contributed by atoms with van der Waals surface area (Å²) >= 11 is 5.86. The van der Waals surface area contributed by atoms with Gasteiger partial charge >= 0.3 is 0 Å². The summed E-state index contributed by atoms with van der Waals surface area (Å²) in [6.45, 7) is 1.95. The van der Waals surface area contributed by atoms with E-state index in [2.05, 4.69) is 15.0 Å². The third-order valence-electron chi connectivity index (χ3n) is 6.76. The molecule has 2 aromatic heterocycles. The molecule has 2 heterocycles. The Labute approximate surface area is 199 Å². The van der Waals surface area contributed by atoms with Crippen LogP contribution in [0.2, 0.25) is 5.15 Å². The molecule has 1 aromatic carbocycles. The summed E-state index contributed by atoms with van der Waals surface area (Å²) in [5.74, 6) is 0.709. The topological polar surface area (TPSA) is 79.2 Å². The maximum Gasteiger partial charge on any atom is 0.254 e. The van der Waals surface area contributed by atoms with Crippen molar-refractivity contribution >= 4 is 17.5 Å². The number of rotatable bonds is 7. The number of hydrogen-bond donors (Lipinski definition) is 1. The number of carbonyl (C=O) groups is 1. The molecule has 4 rings (SSSR count). The molecule has 1 saturated carbocycles. The van der Waals surface area contributed by atoms with E-state index in [0.717, 1.165) is 36.9 Å². The lowest BCUT2D eigenvalue weighted by molar-refractivity contribution is 0.0739. The predicted molar refractivity (Wildman–Crippen MR) is 128 cm³/mol. The van der Waals surface area contributed by atoms with E-state index in [4.69, 9.17) is 11.6 Å². The van der Waals surface area contributed by atoms with Crippen LogP contribution >= 0.6 is 11.6 Å². The molecule has 1 unspecified atom stereocenters. The van der Waals surface area contributed by atoms with Gasteiger partial charge in [-0.2, -0.15) is 0 Å². The van der Waals surface area contributed by atoms with Crippen LogP contribution in [0.4, 0.5) is 0 Å². The Morgan fingerprint density at radius 3 is 2.58 bits per heavy atom. The monoisotopic (exact) mass is 464 g/mol. The van der Waals surface area contributed by atoms with Gasteiger partial charge in [0.2, 0.25) is 0 Å². The third-order valence-corrected chi connectivity index (χ3v) is 6.98. The predicted octanol–water partition coefficient (Wildman–Crippen LogP) is 5.05. The normalized spacial score (nSPS) is 19.8. The van der Waals surface area contributed by atoms with Crippen molar-refractivity contribution in [3.63, 3.8) is 0 Å². The summed E-state index contributed by atoms with van der Waals surface area (Å²) in [6, 6.07) is 11.3. The van der Waals surface area contributed by atoms with Gasteiger partial charge in [0.05, 0.1) is 24.0 Å². The molecular formula is C26H29ClN4O2. The number of aliphatic hydroxyl groups is 1. The Kier molecular flexibility index (Phi) is 7.36. The first-order valence-electron chi connectivity index (χ1n) is 11.3. The van der Waals surface area contributed by atoms with Crippen LogP contribution in [-0.4, -0.2) is 37.9 Å². The molecule has 1 aliphatic rings. The maximum atomic E-state index is 12.9. The van der Waals surface area contributed by atoms with Crippen molar-refractivity contribution in [2.75, 3.05) is 7.05 Å². The van der Waals surface area contributed by atoms with Gasteiger partial charge in [0.1, 0.15) is 5.15 Å².